The van der Waals surface area contributed by atoms with Crippen molar-refractivity contribution >= 4 is 0 Å². The van der Waals surface area contributed by atoms with Crippen LogP contribution in [0.3, 0.4) is 0 Å². The first-order chi connectivity index (χ1) is 5.45. The fraction of sp³-hybridized carbons (Fsp3) is 0.333. The van der Waals surface area contributed by atoms with Gasteiger partial charge in [-0.3, -0.25) is 0 Å². The highest BCUT2D eigenvalue weighted by molar-refractivity contribution is 5.43. The van der Waals surface area contributed by atoms with Gasteiger partial charge in [-0.25, -0.2) is 0 Å². The molecule has 3 nitrogen and oxygen atoms in total. The minimum absolute atomic E-state index is 0.984. The molecule has 2 heterocycles. The van der Waals surface area contributed by atoms with Gasteiger partial charge < -0.3 is 15.6 Å². The predicted octanol–water partition coefficient (Wildman–Crippen LogP) is 1.47. The lowest BCUT2D eigenvalue weighted by Gasteiger charge is -2.13. The lowest BCUT2D eigenvalue weighted by atomic mass is 10.2. The summed E-state index contributed by atoms with van der Waals surface area (Å²) in [6.45, 7) is 3.04. The van der Waals surface area contributed by atoms with E-state index in [9.17, 15) is 0 Å². The van der Waals surface area contributed by atoms with E-state index in [1.165, 1.54) is 13.8 Å². The molecule has 0 unspecified atom stereocenters. The summed E-state index contributed by atoms with van der Waals surface area (Å²) in [5.74, 6) is 1.97. The summed E-state index contributed by atoms with van der Waals surface area (Å²) >= 11 is 0. The van der Waals surface area contributed by atoms with Crippen LogP contribution in [0.15, 0.2) is 24.3 Å². The van der Waals surface area contributed by atoms with Crippen molar-refractivity contribution in [3.63, 3.8) is 0 Å². The minimum atomic E-state index is -1.00. The zero-order valence-electron chi connectivity index (χ0n) is 7.24. The molecule has 3 rings (SSSR count). The van der Waals surface area contributed by atoms with Crippen molar-refractivity contribution in [1.82, 2.24) is 0 Å². The van der Waals surface area contributed by atoms with Gasteiger partial charge in [0, 0.05) is 6.07 Å². The summed E-state index contributed by atoms with van der Waals surface area (Å²) in [6, 6.07) is 7.86. The van der Waals surface area contributed by atoms with Crippen LogP contribution in [0.1, 0.15) is 13.8 Å². The minimum Gasteiger partial charge on any atom is -0.457 e. The van der Waals surface area contributed by atoms with Gasteiger partial charge in [0.25, 0.3) is 0 Å². The van der Waals surface area contributed by atoms with Crippen LogP contribution in [0.25, 0.3) is 0 Å². The van der Waals surface area contributed by atoms with Crippen LogP contribution in [0, 0.1) is 0 Å². The highest BCUT2D eigenvalue weighted by Crippen LogP contribution is 2.32. The van der Waals surface area contributed by atoms with Crippen LogP contribution >= 0.6 is 0 Å². The van der Waals surface area contributed by atoms with E-state index >= 15 is 0 Å². The van der Waals surface area contributed by atoms with E-state index in [2.05, 4.69) is 0 Å². The van der Waals surface area contributed by atoms with Gasteiger partial charge in [-0.2, -0.15) is 0 Å². The van der Waals surface area contributed by atoms with Crippen molar-refractivity contribution in [2.24, 2.45) is 5.73 Å². The van der Waals surface area contributed by atoms with Gasteiger partial charge in [0.1, 0.15) is 17.2 Å². The van der Waals surface area contributed by atoms with E-state index in [-0.39, 0.29) is 0 Å². The number of ether oxygens (including phenoxy) is 1. The molecule has 0 atom stereocenters. The number of rotatable bonds is 0. The predicted molar refractivity (Wildman–Crippen MR) is 47.0 cm³/mol. The second-order valence-electron chi connectivity index (χ2n) is 3.23. The summed E-state index contributed by atoms with van der Waals surface area (Å²) in [4.78, 5) is 0. The second-order valence-corrected chi connectivity index (χ2v) is 3.23. The number of aliphatic hydroxyl groups is 1. The topological polar surface area (TPSA) is 55.5 Å². The smallest absolute Gasteiger partial charge is 0.131 e. The van der Waals surface area contributed by atoms with Gasteiger partial charge >= 0.3 is 0 Å². The van der Waals surface area contributed by atoms with Crippen LogP contribution in [0.5, 0.6) is 11.5 Å². The van der Waals surface area contributed by atoms with Crippen molar-refractivity contribution < 1.29 is 9.84 Å². The summed E-state index contributed by atoms with van der Waals surface area (Å²) in [5, 5.41) is 8.30. The molecule has 0 amide bonds. The van der Waals surface area contributed by atoms with Crippen molar-refractivity contribution in [2.45, 2.75) is 19.6 Å². The molecule has 2 aliphatic heterocycles. The van der Waals surface area contributed by atoms with Crippen molar-refractivity contribution in [3.8, 4) is 11.5 Å². The summed E-state index contributed by atoms with van der Waals surface area (Å²) in [5.41, 5.74) is 3.91. The maximum Gasteiger partial charge on any atom is 0.131 e. The fourth-order valence-corrected chi connectivity index (χ4v) is 0.679. The maximum atomic E-state index is 8.30. The Balaban J connectivity index is 0.000000130. The Morgan fingerprint density at radius 3 is 1.75 bits per heavy atom. The molecule has 12 heavy (non-hydrogen) atoms. The molecule has 0 aromatic heterocycles. The Bertz CT molecular complexity index is 235. The quantitative estimate of drug-likeness (QED) is 0.584. The lowest BCUT2D eigenvalue weighted by Crippen LogP contribution is -2.30. The average Bonchev–Trinajstić information content (AvgIpc) is 1.83. The Morgan fingerprint density at radius 1 is 1.33 bits per heavy atom. The number of benzene rings is 1. The summed E-state index contributed by atoms with van der Waals surface area (Å²) < 4.78 is 5.01. The molecule has 0 spiro atoms. The standard InChI is InChI=1S/C6H4O.C3H9NO/c1-2-5-4-6(3-1)7-5;1-3(2,4)5/h1-4H;5H,4H2,1-2H3. The third-order valence-electron chi connectivity index (χ3n) is 1.04. The van der Waals surface area contributed by atoms with Gasteiger partial charge in [-0.05, 0) is 26.0 Å². The third-order valence-corrected chi connectivity index (χ3v) is 1.04. The van der Waals surface area contributed by atoms with Crippen LogP contribution in [0.2, 0.25) is 0 Å². The zero-order chi connectivity index (χ0) is 9.19. The third kappa shape index (κ3) is 3.37. The summed E-state index contributed by atoms with van der Waals surface area (Å²) in [6.07, 6.45) is 0. The summed E-state index contributed by atoms with van der Waals surface area (Å²) in [7, 11) is 0. The Morgan fingerprint density at radius 2 is 1.67 bits per heavy atom. The average molecular weight is 167 g/mol. The monoisotopic (exact) mass is 167 g/mol. The van der Waals surface area contributed by atoms with Gasteiger partial charge in [0.2, 0.25) is 0 Å². The van der Waals surface area contributed by atoms with E-state index in [0.29, 0.717) is 0 Å². The van der Waals surface area contributed by atoms with Crippen LogP contribution in [-0.4, -0.2) is 10.8 Å². The highest BCUT2D eigenvalue weighted by Gasteiger charge is 2.05. The highest BCUT2D eigenvalue weighted by atomic mass is 16.5. The molecule has 0 aliphatic carbocycles. The molecule has 0 saturated heterocycles. The number of hydrogen-bond donors (Lipinski definition) is 2. The van der Waals surface area contributed by atoms with Crippen LogP contribution in [-0.2, 0) is 0 Å². The van der Waals surface area contributed by atoms with Crippen LogP contribution in [0.4, 0.5) is 0 Å². The molecule has 0 saturated carbocycles. The number of hydrogen-bond acceptors (Lipinski definition) is 3. The van der Waals surface area contributed by atoms with Gasteiger partial charge in [-0.15, -0.1) is 0 Å². The van der Waals surface area contributed by atoms with Crippen molar-refractivity contribution in [3.05, 3.63) is 24.3 Å². The van der Waals surface area contributed by atoms with E-state index in [0.717, 1.165) is 11.5 Å². The van der Waals surface area contributed by atoms with Gasteiger partial charge in [0.05, 0.1) is 0 Å². The largest absolute Gasteiger partial charge is 0.457 e. The molecule has 66 valence electrons. The van der Waals surface area contributed by atoms with Gasteiger partial charge in [0.15, 0.2) is 0 Å². The Kier molecular flexibility index (Phi) is 2.35. The molecule has 2 aliphatic rings. The Labute approximate surface area is 71.8 Å². The normalized spacial score (nSPS) is 12.0. The molecule has 0 fully saturated rings. The molecular formula is C9H13NO2. The molecule has 3 heteroatoms. The maximum absolute atomic E-state index is 8.30. The molecule has 0 radical (unpaired) electrons. The molecular weight excluding hydrogens is 154 g/mol. The van der Waals surface area contributed by atoms with E-state index < -0.39 is 5.72 Å². The van der Waals surface area contributed by atoms with Gasteiger partial charge in [-0.1, -0.05) is 6.07 Å². The zero-order valence-corrected chi connectivity index (χ0v) is 7.24. The molecule has 1 aromatic rings. The second kappa shape index (κ2) is 3.13. The first kappa shape index (κ1) is 9.03. The Hall–Kier alpha value is -1.06. The number of fused-ring (bicyclic) bond motifs is 2. The van der Waals surface area contributed by atoms with E-state index in [4.69, 9.17) is 15.6 Å². The molecule has 2 bridgehead atoms. The fourth-order valence-electron chi connectivity index (χ4n) is 0.679. The first-order valence-electron chi connectivity index (χ1n) is 3.74. The molecule has 3 N–H and O–H groups in total. The van der Waals surface area contributed by atoms with Crippen molar-refractivity contribution in [2.75, 3.05) is 0 Å². The van der Waals surface area contributed by atoms with Crippen LogP contribution < -0.4 is 10.5 Å². The lowest BCUT2D eigenvalue weighted by molar-refractivity contribution is 0.0881. The van der Waals surface area contributed by atoms with Crippen molar-refractivity contribution in [1.29, 1.82) is 0 Å². The van der Waals surface area contributed by atoms with E-state index in [1.807, 2.05) is 24.3 Å². The number of nitrogens with two attached hydrogens (primary N) is 1. The first-order valence-corrected chi connectivity index (χ1v) is 3.74. The molecule has 1 aromatic carbocycles. The SMILES string of the molecule is CC(C)(N)O.c1cc2cc(c1)O2. The van der Waals surface area contributed by atoms with E-state index in [1.54, 1.807) is 0 Å².